The van der Waals surface area contributed by atoms with Crippen molar-refractivity contribution < 1.29 is 9.59 Å². The first-order valence-electron chi connectivity index (χ1n) is 11.1. The van der Waals surface area contributed by atoms with E-state index in [1.165, 1.54) is 0 Å². The van der Waals surface area contributed by atoms with Gasteiger partial charge in [0.15, 0.2) is 0 Å². The highest BCUT2D eigenvalue weighted by atomic mass is 16.2. The molecular formula is C25H26N6O2. The minimum absolute atomic E-state index is 0.0954. The van der Waals surface area contributed by atoms with Crippen LogP contribution in [0.2, 0.25) is 0 Å². The Balaban J connectivity index is 1.36. The molecule has 1 aliphatic heterocycles. The predicted octanol–water partition coefficient (Wildman–Crippen LogP) is 2.99. The molecule has 1 aromatic heterocycles. The number of amides is 2. The van der Waals surface area contributed by atoms with Crippen LogP contribution in [0.1, 0.15) is 46.9 Å². The highest BCUT2D eigenvalue weighted by Gasteiger charge is 2.24. The molecule has 0 spiro atoms. The minimum atomic E-state index is -0.159. The molecule has 4 rings (SSSR count). The Hall–Kier alpha value is -4.12. The molecule has 2 heterocycles. The van der Waals surface area contributed by atoms with Crippen molar-refractivity contribution in [3.05, 3.63) is 70.9 Å². The van der Waals surface area contributed by atoms with E-state index in [1.54, 1.807) is 15.6 Å². The first-order valence-corrected chi connectivity index (χ1v) is 11.1. The van der Waals surface area contributed by atoms with E-state index in [4.69, 9.17) is 5.73 Å². The number of carbonyl (C=O) groups is 2. The number of fused-ring (bicyclic) bond motifs is 1. The summed E-state index contributed by atoms with van der Waals surface area (Å²) in [4.78, 5) is 26.4. The Morgan fingerprint density at radius 2 is 2.00 bits per heavy atom. The van der Waals surface area contributed by atoms with Gasteiger partial charge >= 0.3 is 0 Å². The van der Waals surface area contributed by atoms with Crippen molar-refractivity contribution in [2.24, 2.45) is 0 Å². The van der Waals surface area contributed by atoms with E-state index in [1.807, 2.05) is 49.4 Å². The average Bonchev–Trinajstić information content (AvgIpc) is 3.41. The van der Waals surface area contributed by atoms with E-state index >= 15 is 0 Å². The van der Waals surface area contributed by atoms with Gasteiger partial charge in [0, 0.05) is 30.8 Å². The van der Waals surface area contributed by atoms with Crippen LogP contribution in [-0.4, -0.2) is 34.7 Å². The number of anilines is 2. The van der Waals surface area contributed by atoms with Gasteiger partial charge in [-0.05, 0) is 55.2 Å². The van der Waals surface area contributed by atoms with E-state index in [2.05, 4.69) is 16.5 Å². The molecule has 0 aliphatic carbocycles. The molecule has 1 aliphatic rings. The van der Waals surface area contributed by atoms with Gasteiger partial charge in [-0.3, -0.25) is 9.59 Å². The molecule has 0 radical (unpaired) electrons. The van der Waals surface area contributed by atoms with Crippen LogP contribution in [0, 0.1) is 11.3 Å². The number of benzene rings is 2. The van der Waals surface area contributed by atoms with Gasteiger partial charge in [0.2, 0.25) is 5.91 Å². The van der Waals surface area contributed by atoms with E-state index in [0.717, 1.165) is 23.4 Å². The molecule has 0 bridgehead atoms. The second kappa shape index (κ2) is 9.57. The Bertz CT molecular complexity index is 1230. The lowest BCUT2D eigenvalue weighted by molar-refractivity contribution is -0.118. The van der Waals surface area contributed by atoms with Crippen molar-refractivity contribution >= 4 is 23.3 Å². The minimum Gasteiger partial charge on any atom is -0.382 e. The Kier molecular flexibility index (Phi) is 6.41. The number of nitrogens with zero attached hydrogens (tertiary/aromatic N) is 4. The quantitative estimate of drug-likeness (QED) is 0.546. The number of aromatic nitrogens is 2. The van der Waals surface area contributed by atoms with Gasteiger partial charge in [0.25, 0.3) is 5.91 Å². The van der Waals surface area contributed by atoms with E-state index in [9.17, 15) is 14.9 Å². The largest absolute Gasteiger partial charge is 0.382 e. The second-order valence-electron chi connectivity index (χ2n) is 7.92. The first kappa shape index (κ1) is 22.1. The SMILES string of the molecule is CCC(=O)N1CCc2cc(C(=O)NCCCc3nn(-c4ccccc4)c(N)c3C#N)ccc21. The number of carbonyl (C=O) groups excluding carboxylic acids is 2. The summed E-state index contributed by atoms with van der Waals surface area (Å²) in [6.07, 6.45) is 2.36. The zero-order valence-electron chi connectivity index (χ0n) is 18.5. The van der Waals surface area contributed by atoms with Crippen molar-refractivity contribution in [1.29, 1.82) is 5.26 Å². The summed E-state index contributed by atoms with van der Waals surface area (Å²) in [6, 6.07) is 17.0. The molecule has 3 aromatic rings. The summed E-state index contributed by atoms with van der Waals surface area (Å²) >= 11 is 0. The highest BCUT2D eigenvalue weighted by Crippen LogP contribution is 2.29. The maximum Gasteiger partial charge on any atom is 0.251 e. The van der Waals surface area contributed by atoms with Gasteiger partial charge in [-0.15, -0.1) is 0 Å². The van der Waals surface area contributed by atoms with Crippen LogP contribution in [0.25, 0.3) is 5.69 Å². The van der Waals surface area contributed by atoms with Gasteiger partial charge in [-0.2, -0.15) is 10.4 Å². The lowest BCUT2D eigenvalue weighted by Gasteiger charge is -2.16. The molecule has 2 amide bonds. The fourth-order valence-corrected chi connectivity index (χ4v) is 4.09. The maximum atomic E-state index is 12.6. The fraction of sp³-hybridized carbons (Fsp3) is 0.280. The zero-order valence-corrected chi connectivity index (χ0v) is 18.5. The van der Waals surface area contributed by atoms with Crippen LogP contribution in [0.15, 0.2) is 48.5 Å². The molecule has 168 valence electrons. The molecule has 0 saturated heterocycles. The van der Waals surface area contributed by atoms with Gasteiger partial charge in [-0.1, -0.05) is 25.1 Å². The molecule has 8 heteroatoms. The third-order valence-corrected chi connectivity index (χ3v) is 5.82. The molecule has 2 aromatic carbocycles. The number of para-hydroxylation sites is 1. The average molecular weight is 443 g/mol. The Labute approximate surface area is 192 Å². The number of hydrogen-bond acceptors (Lipinski definition) is 5. The number of hydrogen-bond donors (Lipinski definition) is 2. The molecule has 0 unspecified atom stereocenters. The summed E-state index contributed by atoms with van der Waals surface area (Å²) in [6.45, 7) is 2.95. The van der Waals surface area contributed by atoms with E-state index in [-0.39, 0.29) is 11.8 Å². The third-order valence-electron chi connectivity index (χ3n) is 5.82. The predicted molar refractivity (Wildman–Crippen MR) is 126 cm³/mol. The summed E-state index contributed by atoms with van der Waals surface area (Å²) in [5.41, 5.74) is 10.4. The Morgan fingerprint density at radius 3 is 2.73 bits per heavy atom. The lowest BCUT2D eigenvalue weighted by atomic mass is 10.1. The number of rotatable bonds is 7. The van der Waals surface area contributed by atoms with Crippen molar-refractivity contribution in [3.8, 4) is 11.8 Å². The molecule has 0 fully saturated rings. The normalized spacial score (nSPS) is 12.3. The second-order valence-corrected chi connectivity index (χ2v) is 7.92. The van der Waals surface area contributed by atoms with Crippen LogP contribution < -0.4 is 16.0 Å². The number of nitrogen functional groups attached to an aromatic ring is 1. The zero-order chi connectivity index (χ0) is 23.4. The number of nitriles is 1. The van der Waals surface area contributed by atoms with Crippen molar-refractivity contribution in [2.75, 3.05) is 23.7 Å². The smallest absolute Gasteiger partial charge is 0.251 e. The van der Waals surface area contributed by atoms with Gasteiger partial charge in [0.05, 0.1) is 11.4 Å². The van der Waals surface area contributed by atoms with E-state index < -0.39 is 0 Å². The molecule has 0 saturated carbocycles. The summed E-state index contributed by atoms with van der Waals surface area (Å²) in [5.74, 6) is 0.252. The number of nitrogens with two attached hydrogens (primary N) is 1. The van der Waals surface area contributed by atoms with E-state index in [0.29, 0.717) is 55.0 Å². The Morgan fingerprint density at radius 1 is 1.21 bits per heavy atom. The van der Waals surface area contributed by atoms with Gasteiger partial charge < -0.3 is 16.0 Å². The van der Waals surface area contributed by atoms with Crippen LogP contribution in [0.4, 0.5) is 11.5 Å². The van der Waals surface area contributed by atoms with Gasteiger partial charge in [0.1, 0.15) is 17.5 Å². The van der Waals surface area contributed by atoms with Gasteiger partial charge in [-0.25, -0.2) is 4.68 Å². The lowest BCUT2D eigenvalue weighted by Crippen LogP contribution is -2.28. The highest BCUT2D eigenvalue weighted by molar-refractivity contribution is 5.98. The van der Waals surface area contributed by atoms with Crippen molar-refractivity contribution in [1.82, 2.24) is 15.1 Å². The van der Waals surface area contributed by atoms with Crippen LogP contribution in [0.5, 0.6) is 0 Å². The number of nitrogens with one attached hydrogen (secondary N) is 1. The van der Waals surface area contributed by atoms with Crippen LogP contribution in [0.3, 0.4) is 0 Å². The van der Waals surface area contributed by atoms with Crippen molar-refractivity contribution in [2.45, 2.75) is 32.6 Å². The topological polar surface area (TPSA) is 117 Å². The monoisotopic (exact) mass is 442 g/mol. The maximum absolute atomic E-state index is 12.6. The standard InChI is InChI=1S/C25H26N6O2/c1-2-23(32)30-14-12-17-15-18(10-11-22(17)30)25(33)28-13-6-9-21-20(16-26)24(27)31(29-21)19-7-4-3-5-8-19/h3-5,7-8,10-11,15H,2,6,9,12-14,27H2,1H3,(H,28,33). The fourth-order valence-electron chi connectivity index (χ4n) is 4.09. The number of aryl methyl sites for hydroxylation is 1. The summed E-state index contributed by atoms with van der Waals surface area (Å²) in [5, 5.41) is 17.0. The van der Waals surface area contributed by atoms with Crippen LogP contribution in [-0.2, 0) is 17.6 Å². The molecule has 8 nitrogen and oxygen atoms in total. The summed E-state index contributed by atoms with van der Waals surface area (Å²) in [7, 11) is 0. The van der Waals surface area contributed by atoms with Crippen molar-refractivity contribution in [3.63, 3.8) is 0 Å². The first-order chi connectivity index (χ1) is 16.0. The molecule has 0 atom stereocenters. The molecule has 3 N–H and O–H groups in total. The third kappa shape index (κ3) is 4.44. The molecular weight excluding hydrogens is 416 g/mol. The van der Waals surface area contributed by atoms with Crippen LogP contribution >= 0.6 is 0 Å². The summed E-state index contributed by atoms with van der Waals surface area (Å²) < 4.78 is 1.57. The molecule has 33 heavy (non-hydrogen) atoms.